The Morgan fingerprint density at radius 1 is 1.11 bits per heavy atom. The number of nitrogens with zero attached hydrogens (tertiary/aromatic N) is 2. The van der Waals surface area contributed by atoms with E-state index in [1.54, 1.807) is 11.3 Å². The molecule has 2 nitrogen and oxygen atoms in total. The molecule has 0 unspecified atom stereocenters. The molecule has 0 amide bonds. The molecule has 0 aliphatic heterocycles. The van der Waals surface area contributed by atoms with Crippen LogP contribution in [0.15, 0.2) is 10.8 Å². The number of aryl methyl sites for hydroxylation is 1. The summed E-state index contributed by atoms with van der Waals surface area (Å²) in [6.07, 6.45) is 4.75. The maximum atomic E-state index is 6.35. The highest BCUT2D eigenvalue weighted by atomic mass is 35.5. The van der Waals surface area contributed by atoms with E-state index in [0.29, 0.717) is 22.0 Å². The number of aromatic nitrogens is 2. The van der Waals surface area contributed by atoms with Crippen molar-refractivity contribution in [1.29, 1.82) is 0 Å². The van der Waals surface area contributed by atoms with Crippen LogP contribution in [0.5, 0.6) is 0 Å². The standard InChI is InChI=1S/C14H14Cl2N2S/c1-8-6-19-7-10(8)14-17-12(15)11(13(16)18-14)9-4-2-3-5-9/h6-7,9H,2-5H2,1H3. The molecule has 1 fully saturated rings. The Balaban J connectivity index is 2.05. The predicted octanol–water partition coefficient (Wildman–Crippen LogP) is 5.48. The predicted molar refractivity (Wildman–Crippen MR) is 81.3 cm³/mol. The topological polar surface area (TPSA) is 25.8 Å². The summed E-state index contributed by atoms with van der Waals surface area (Å²) in [7, 11) is 0. The van der Waals surface area contributed by atoms with Gasteiger partial charge in [0.2, 0.25) is 0 Å². The minimum absolute atomic E-state index is 0.428. The summed E-state index contributed by atoms with van der Waals surface area (Å²) >= 11 is 14.3. The number of hydrogen-bond acceptors (Lipinski definition) is 3. The SMILES string of the molecule is Cc1cscc1-c1nc(Cl)c(C2CCCC2)c(Cl)n1. The van der Waals surface area contributed by atoms with Crippen molar-refractivity contribution < 1.29 is 0 Å². The second-order valence-corrected chi connectivity index (χ2v) is 6.45. The van der Waals surface area contributed by atoms with Crippen molar-refractivity contribution in [3.8, 4) is 11.4 Å². The third-order valence-corrected chi connectivity index (χ3v) is 5.15. The maximum Gasteiger partial charge on any atom is 0.163 e. The average molecular weight is 313 g/mol. The summed E-state index contributed by atoms with van der Waals surface area (Å²) in [5, 5.41) is 5.15. The van der Waals surface area contributed by atoms with E-state index in [-0.39, 0.29) is 0 Å². The van der Waals surface area contributed by atoms with Crippen molar-refractivity contribution in [2.75, 3.05) is 0 Å². The van der Waals surface area contributed by atoms with Gasteiger partial charge in [-0.15, -0.1) is 0 Å². The molecule has 1 aliphatic carbocycles. The molecule has 0 saturated heterocycles. The number of hydrogen-bond donors (Lipinski definition) is 0. The number of rotatable bonds is 2. The summed E-state index contributed by atoms with van der Waals surface area (Å²) < 4.78 is 0. The zero-order chi connectivity index (χ0) is 13.4. The minimum Gasteiger partial charge on any atom is -0.216 e. The van der Waals surface area contributed by atoms with Gasteiger partial charge in [0.25, 0.3) is 0 Å². The van der Waals surface area contributed by atoms with Crippen LogP contribution in [-0.2, 0) is 0 Å². The van der Waals surface area contributed by atoms with Crippen LogP contribution in [0.4, 0.5) is 0 Å². The summed E-state index contributed by atoms with van der Waals surface area (Å²) in [5.74, 6) is 1.06. The summed E-state index contributed by atoms with van der Waals surface area (Å²) in [6.45, 7) is 2.04. The maximum absolute atomic E-state index is 6.35. The van der Waals surface area contributed by atoms with Crippen LogP contribution in [0, 0.1) is 6.92 Å². The van der Waals surface area contributed by atoms with E-state index in [1.165, 1.54) is 12.8 Å². The fraction of sp³-hybridized carbons (Fsp3) is 0.429. The highest BCUT2D eigenvalue weighted by Gasteiger charge is 2.25. The normalized spacial score (nSPS) is 16.2. The Morgan fingerprint density at radius 3 is 2.26 bits per heavy atom. The summed E-state index contributed by atoms with van der Waals surface area (Å²) in [5.41, 5.74) is 3.12. The molecule has 0 bridgehead atoms. The van der Waals surface area contributed by atoms with E-state index in [4.69, 9.17) is 23.2 Å². The Hall–Kier alpha value is -0.640. The smallest absolute Gasteiger partial charge is 0.163 e. The Bertz CT molecular complexity index is 580. The summed E-state index contributed by atoms with van der Waals surface area (Å²) in [4.78, 5) is 8.92. The van der Waals surface area contributed by atoms with Crippen LogP contribution in [-0.4, -0.2) is 9.97 Å². The highest BCUT2D eigenvalue weighted by molar-refractivity contribution is 7.08. The van der Waals surface area contributed by atoms with Crippen molar-refractivity contribution >= 4 is 34.5 Å². The van der Waals surface area contributed by atoms with Gasteiger partial charge >= 0.3 is 0 Å². The molecule has 3 rings (SSSR count). The van der Waals surface area contributed by atoms with Crippen LogP contribution >= 0.6 is 34.5 Å². The molecule has 2 heterocycles. The fourth-order valence-electron chi connectivity index (χ4n) is 2.68. The lowest BCUT2D eigenvalue weighted by atomic mass is 10.0. The van der Waals surface area contributed by atoms with Gasteiger partial charge in [-0.25, -0.2) is 9.97 Å². The molecular formula is C14H14Cl2N2S. The van der Waals surface area contributed by atoms with Gasteiger partial charge in [-0.3, -0.25) is 0 Å². The van der Waals surface area contributed by atoms with E-state index in [1.807, 2.05) is 12.3 Å². The molecular weight excluding hydrogens is 299 g/mol. The third kappa shape index (κ3) is 2.51. The van der Waals surface area contributed by atoms with Crippen molar-refractivity contribution in [2.45, 2.75) is 38.5 Å². The lowest BCUT2D eigenvalue weighted by molar-refractivity contribution is 0.715. The molecule has 5 heteroatoms. The van der Waals surface area contributed by atoms with Gasteiger partial charge in [0.05, 0.1) is 0 Å². The summed E-state index contributed by atoms with van der Waals surface area (Å²) in [6, 6.07) is 0. The first-order valence-corrected chi connectivity index (χ1v) is 8.13. The van der Waals surface area contributed by atoms with E-state index in [9.17, 15) is 0 Å². The quantitative estimate of drug-likeness (QED) is 0.686. The highest BCUT2D eigenvalue weighted by Crippen LogP contribution is 2.41. The van der Waals surface area contributed by atoms with Gasteiger partial charge in [-0.1, -0.05) is 36.0 Å². The molecule has 1 aliphatic rings. The molecule has 0 spiro atoms. The van der Waals surface area contributed by atoms with Crippen LogP contribution < -0.4 is 0 Å². The molecule has 0 aromatic carbocycles. The molecule has 1 saturated carbocycles. The van der Waals surface area contributed by atoms with Gasteiger partial charge in [-0.05, 0) is 36.6 Å². The van der Waals surface area contributed by atoms with Crippen LogP contribution in [0.25, 0.3) is 11.4 Å². The van der Waals surface area contributed by atoms with Crippen LogP contribution in [0.2, 0.25) is 10.3 Å². The Morgan fingerprint density at radius 2 is 1.74 bits per heavy atom. The van der Waals surface area contributed by atoms with Gasteiger partial charge in [0.1, 0.15) is 10.3 Å². The zero-order valence-electron chi connectivity index (χ0n) is 10.6. The van der Waals surface area contributed by atoms with Crippen molar-refractivity contribution in [2.24, 2.45) is 0 Å². The van der Waals surface area contributed by atoms with Gasteiger partial charge in [-0.2, -0.15) is 11.3 Å². The van der Waals surface area contributed by atoms with Crippen molar-refractivity contribution in [3.05, 3.63) is 32.2 Å². The lowest BCUT2D eigenvalue weighted by Crippen LogP contribution is -2.01. The number of thiophene rings is 1. The van der Waals surface area contributed by atoms with E-state index >= 15 is 0 Å². The molecule has 2 aromatic heterocycles. The third-order valence-electron chi connectivity index (χ3n) is 3.71. The lowest BCUT2D eigenvalue weighted by Gasteiger charge is -2.13. The molecule has 0 radical (unpaired) electrons. The monoisotopic (exact) mass is 312 g/mol. The molecule has 100 valence electrons. The largest absolute Gasteiger partial charge is 0.216 e. The van der Waals surface area contributed by atoms with Gasteiger partial charge < -0.3 is 0 Å². The van der Waals surface area contributed by atoms with Gasteiger partial charge in [0, 0.05) is 16.5 Å². The first kappa shape index (κ1) is 13.3. The molecule has 19 heavy (non-hydrogen) atoms. The Labute approximate surface area is 126 Å². The number of halogens is 2. The van der Waals surface area contributed by atoms with E-state index in [2.05, 4.69) is 15.3 Å². The van der Waals surface area contributed by atoms with Crippen LogP contribution in [0.1, 0.15) is 42.7 Å². The van der Waals surface area contributed by atoms with Gasteiger partial charge in [0.15, 0.2) is 5.82 Å². The second kappa shape index (κ2) is 5.39. The molecule has 0 N–H and O–H groups in total. The van der Waals surface area contributed by atoms with Crippen molar-refractivity contribution in [3.63, 3.8) is 0 Å². The fourth-order valence-corrected chi connectivity index (χ4v) is 4.20. The second-order valence-electron chi connectivity index (χ2n) is 4.99. The van der Waals surface area contributed by atoms with E-state index in [0.717, 1.165) is 29.5 Å². The first-order valence-electron chi connectivity index (χ1n) is 6.43. The zero-order valence-corrected chi connectivity index (χ0v) is 12.9. The van der Waals surface area contributed by atoms with E-state index < -0.39 is 0 Å². The molecule has 2 aromatic rings. The van der Waals surface area contributed by atoms with Crippen molar-refractivity contribution in [1.82, 2.24) is 9.97 Å². The van der Waals surface area contributed by atoms with Crippen LogP contribution in [0.3, 0.4) is 0 Å². The average Bonchev–Trinajstić information content (AvgIpc) is 2.99. The Kier molecular flexibility index (Phi) is 3.79. The first-order chi connectivity index (χ1) is 9.16. The molecule has 0 atom stereocenters. The minimum atomic E-state index is 0.428.